The average Bonchev–Trinajstić information content (AvgIpc) is 2.18. The molecule has 0 aromatic rings. The number of esters is 1. The molecule has 1 atom stereocenters. The highest BCUT2D eigenvalue weighted by molar-refractivity contribution is 5.71. The lowest BCUT2D eigenvalue weighted by Gasteiger charge is -2.23. The van der Waals surface area contributed by atoms with Gasteiger partial charge >= 0.3 is 5.97 Å². The second-order valence-corrected chi connectivity index (χ2v) is 4.51. The van der Waals surface area contributed by atoms with Gasteiger partial charge in [-0.05, 0) is 40.0 Å². The van der Waals surface area contributed by atoms with Gasteiger partial charge in [-0.3, -0.25) is 4.79 Å². The highest BCUT2D eigenvalue weighted by Gasteiger charge is 2.18. The van der Waals surface area contributed by atoms with E-state index in [1.54, 1.807) is 7.11 Å². The first-order valence-corrected chi connectivity index (χ1v) is 5.64. The number of carbonyl (C=O) groups excluding carboxylic acids is 1. The number of methoxy groups -OCH3 is 1. The van der Waals surface area contributed by atoms with Gasteiger partial charge in [-0.2, -0.15) is 0 Å². The van der Waals surface area contributed by atoms with Crippen LogP contribution in [0, 0.1) is 5.92 Å². The summed E-state index contributed by atoms with van der Waals surface area (Å²) in [6.07, 6.45) is 2.82. The third-order valence-electron chi connectivity index (χ3n) is 2.66. The Balaban J connectivity index is 3.72. The monoisotopic (exact) mass is 216 g/mol. The quantitative estimate of drug-likeness (QED) is 0.614. The Morgan fingerprint density at radius 1 is 1.40 bits per heavy atom. The largest absolute Gasteiger partial charge is 0.466 e. The summed E-state index contributed by atoms with van der Waals surface area (Å²) in [5.74, 6) is -0.0923. The summed E-state index contributed by atoms with van der Waals surface area (Å²) >= 11 is 0. The molecule has 0 amide bonds. The summed E-state index contributed by atoms with van der Waals surface area (Å²) < 4.78 is 10.3. The molecule has 1 unspecified atom stereocenters. The maximum atomic E-state index is 11.3. The SMILES string of the molecule is CCOC(=O)C(C)CCCC(C)(C)OC. The maximum Gasteiger partial charge on any atom is 0.308 e. The second kappa shape index (κ2) is 6.83. The van der Waals surface area contributed by atoms with Crippen LogP contribution in [-0.2, 0) is 14.3 Å². The number of carbonyl (C=O) groups is 1. The predicted molar refractivity (Wildman–Crippen MR) is 60.7 cm³/mol. The standard InChI is InChI=1S/C12H24O3/c1-6-15-11(13)10(2)8-7-9-12(3,4)14-5/h10H,6-9H2,1-5H3. The lowest BCUT2D eigenvalue weighted by Crippen LogP contribution is -2.23. The first-order chi connectivity index (χ1) is 6.93. The Morgan fingerprint density at radius 2 is 2.00 bits per heavy atom. The van der Waals surface area contributed by atoms with Crippen molar-refractivity contribution < 1.29 is 14.3 Å². The van der Waals surface area contributed by atoms with E-state index in [1.165, 1.54) is 0 Å². The lowest BCUT2D eigenvalue weighted by atomic mass is 9.97. The van der Waals surface area contributed by atoms with E-state index in [-0.39, 0.29) is 17.5 Å². The van der Waals surface area contributed by atoms with E-state index in [2.05, 4.69) is 13.8 Å². The Labute approximate surface area is 93.1 Å². The number of hydrogen-bond donors (Lipinski definition) is 0. The highest BCUT2D eigenvalue weighted by atomic mass is 16.5. The van der Waals surface area contributed by atoms with Gasteiger partial charge in [0.05, 0.1) is 18.1 Å². The van der Waals surface area contributed by atoms with Gasteiger partial charge in [-0.1, -0.05) is 6.92 Å². The Morgan fingerprint density at radius 3 is 2.47 bits per heavy atom. The Hall–Kier alpha value is -0.570. The zero-order valence-corrected chi connectivity index (χ0v) is 10.6. The zero-order chi connectivity index (χ0) is 11.9. The first kappa shape index (κ1) is 14.4. The van der Waals surface area contributed by atoms with E-state index < -0.39 is 0 Å². The van der Waals surface area contributed by atoms with E-state index in [1.807, 2.05) is 13.8 Å². The summed E-state index contributed by atoms with van der Waals surface area (Å²) in [6, 6.07) is 0. The van der Waals surface area contributed by atoms with Crippen LogP contribution in [0.3, 0.4) is 0 Å². The van der Waals surface area contributed by atoms with Crippen LogP contribution in [-0.4, -0.2) is 25.3 Å². The topological polar surface area (TPSA) is 35.5 Å². The summed E-state index contributed by atoms with van der Waals surface area (Å²) in [6.45, 7) is 8.33. The molecule has 0 aromatic carbocycles. The predicted octanol–water partition coefficient (Wildman–Crippen LogP) is 2.78. The highest BCUT2D eigenvalue weighted by Crippen LogP contribution is 2.19. The molecule has 15 heavy (non-hydrogen) atoms. The molecule has 0 N–H and O–H groups in total. The van der Waals surface area contributed by atoms with Crippen molar-refractivity contribution in [2.24, 2.45) is 5.92 Å². The van der Waals surface area contributed by atoms with Crippen molar-refractivity contribution in [1.82, 2.24) is 0 Å². The summed E-state index contributed by atoms with van der Waals surface area (Å²) in [5, 5.41) is 0. The molecule has 0 rings (SSSR count). The van der Waals surface area contributed by atoms with Crippen molar-refractivity contribution in [3.63, 3.8) is 0 Å². The molecule has 0 heterocycles. The van der Waals surface area contributed by atoms with Crippen molar-refractivity contribution in [1.29, 1.82) is 0 Å². The lowest BCUT2D eigenvalue weighted by molar-refractivity contribution is -0.147. The fourth-order valence-electron chi connectivity index (χ4n) is 1.34. The van der Waals surface area contributed by atoms with E-state index in [0.29, 0.717) is 6.61 Å². The second-order valence-electron chi connectivity index (χ2n) is 4.51. The molecule has 0 aliphatic rings. The van der Waals surface area contributed by atoms with E-state index in [9.17, 15) is 4.79 Å². The van der Waals surface area contributed by atoms with Crippen molar-refractivity contribution in [2.75, 3.05) is 13.7 Å². The van der Waals surface area contributed by atoms with Crippen molar-refractivity contribution in [2.45, 2.75) is 52.6 Å². The van der Waals surface area contributed by atoms with Gasteiger partial charge in [0, 0.05) is 7.11 Å². The number of hydrogen-bond acceptors (Lipinski definition) is 3. The third kappa shape index (κ3) is 6.50. The molecule has 0 bridgehead atoms. The van der Waals surface area contributed by atoms with Crippen LogP contribution in [0.4, 0.5) is 0 Å². The molecule has 0 radical (unpaired) electrons. The first-order valence-electron chi connectivity index (χ1n) is 5.64. The molecule has 3 heteroatoms. The van der Waals surface area contributed by atoms with Gasteiger partial charge in [0.25, 0.3) is 0 Å². The van der Waals surface area contributed by atoms with Gasteiger partial charge in [-0.25, -0.2) is 0 Å². The summed E-state index contributed by atoms with van der Waals surface area (Å²) in [5.41, 5.74) is -0.0889. The minimum atomic E-state index is -0.0901. The van der Waals surface area contributed by atoms with Crippen molar-refractivity contribution >= 4 is 5.97 Å². The fourth-order valence-corrected chi connectivity index (χ4v) is 1.34. The molecular formula is C12H24O3. The van der Waals surface area contributed by atoms with Gasteiger partial charge in [0.15, 0.2) is 0 Å². The molecule has 0 aromatic heterocycles. The molecule has 0 saturated carbocycles. The van der Waals surface area contributed by atoms with Gasteiger partial charge in [-0.15, -0.1) is 0 Å². The van der Waals surface area contributed by atoms with E-state index in [0.717, 1.165) is 19.3 Å². The van der Waals surface area contributed by atoms with Gasteiger partial charge < -0.3 is 9.47 Å². The Kier molecular flexibility index (Phi) is 6.57. The molecular weight excluding hydrogens is 192 g/mol. The third-order valence-corrected chi connectivity index (χ3v) is 2.66. The fraction of sp³-hybridized carbons (Fsp3) is 0.917. The van der Waals surface area contributed by atoms with E-state index in [4.69, 9.17) is 9.47 Å². The van der Waals surface area contributed by atoms with Crippen LogP contribution in [0.15, 0.2) is 0 Å². The van der Waals surface area contributed by atoms with Crippen molar-refractivity contribution in [3.05, 3.63) is 0 Å². The maximum absolute atomic E-state index is 11.3. The molecule has 3 nitrogen and oxygen atoms in total. The van der Waals surface area contributed by atoms with Gasteiger partial charge in [0.2, 0.25) is 0 Å². The normalized spacial score (nSPS) is 13.7. The average molecular weight is 216 g/mol. The van der Waals surface area contributed by atoms with E-state index >= 15 is 0 Å². The summed E-state index contributed by atoms with van der Waals surface area (Å²) in [4.78, 5) is 11.3. The molecule has 0 fully saturated rings. The van der Waals surface area contributed by atoms with Crippen LogP contribution < -0.4 is 0 Å². The molecule has 0 aliphatic carbocycles. The number of rotatable bonds is 7. The zero-order valence-electron chi connectivity index (χ0n) is 10.6. The molecule has 90 valence electrons. The van der Waals surface area contributed by atoms with Crippen LogP contribution in [0.25, 0.3) is 0 Å². The molecule has 0 spiro atoms. The minimum absolute atomic E-state index is 0.00222. The molecule has 0 aliphatic heterocycles. The minimum Gasteiger partial charge on any atom is -0.466 e. The Bertz CT molecular complexity index is 187. The van der Waals surface area contributed by atoms with Gasteiger partial charge in [0.1, 0.15) is 0 Å². The number of ether oxygens (including phenoxy) is 2. The molecule has 0 saturated heterocycles. The van der Waals surface area contributed by atoms with Crippen LogP contribution in [0.2, 0.25) is 0 Å². The van der Waals surface area contributed by atoms with Crippen LogP contribution in [0.1, 0.15) is 47.0 Å². The summed E-state index contributed by atoms with van der Waals surface area (Å²) in [7, 11) is 1.72. The smallest absolute Gasteiger partial charge is 0.308 e. The van der Waals surface area contributed by atoms with Crippen LogP contribution >= 0.6 is 0 Å². The van der Waals surface area contributed by atoms with Crippen LogP contribution in [0.5, 0.6) is 0 Å². The van der Waals surface area contributed by atoms with Crippen molar-refractivity contribution in [3.8, 4) is 0 Å².